The molecule has 0 aromatic heterocycles. The SMILES string of the molecule is CCN(CC)C(=O)C(C)Nc1cc(C)ccc1N. The zero-order valence-electron chi connectivity index (χ0n) is 11.7. The fraction of sp³-hybridized carbons (Fsp3) is 0.500. The maximum atomic E-state index is 12.1. The van der Waals surface area contributed by atoms with Crippen molar-refractivity contribution in [3.63, 3.8) is 0 Å². The predicted octanol–water partition coefficient (Wildman–Crippen LogP) is 2.25. The van der Waals surface area contributed by atoms with Gasteiger partial charge in [-0.15, -0.1) is 0 Å². The summed E-state index contributed by atoms with van der Waals surface area (Å²) in [4.78, 5) is 13.9. The second kappa shape index (κ2) is 6.28. The van der Waals surface area contributed by atoms with Crippen LogP contribution in [0.2, 0.25) is 0 Å². The summed E-state index contributed by atoms with van der Waals surface area (Å²) in [6.07, 6.45) is 0. The lowest BCUT2D eigenvalue weighted by molar-refractivity contribution is -0.131. The van der Waals surface area contributed by atoms with Crippen molar-refractivity contribution in [2.75, 3.05) is 24.1 Å². The lowest BCUT2D eigenvalue weighted by atomic mass is 10.1. The molecular formula is C14H23N3O. The fourth-order valence-electron chi connectivity index (χ4n) is 1.90. The first kappa shape index (κ1) is 14.4. The van der Waals surface area contributed by atoms with Crippen molar-refractivity contribution < 1.29 is 4.79 Å². The average molecular weight is 249 g/mol. The molecule has 18 heavy (non-hydrogen) atoms. The van der Waals surface area contributed by atoms with Gasteiger partial charge in [-0.3, -0.25) is 4.79 Å². The second-order valence-corrected chi connectivity index (χ2v) is 4.47. The van der Waals surface area contributed by atoms with Crippen molar-refractivity contribution in [1.82, 2.24) is 4.90 Å². The molecular weight excluding hydrogens is 226 g/mol. The molecule has 1 rings (SSSR count). The molecule has 1 aromatic rings. The minimum atomic E-state index is -0.269. The standard InChI is InChI=1S/C14H23N3O/c1-5-17(6-2)14(18)11(4)16-13-9-10(3)7-8-12(13)15/h7-9,11,16H,5-6,15H2,1-4H3. The summed E-state index contributed by atoms with van der Waals surface area (Å²) in [6, 6.07) is 5.50. The van der Waals surface area contributed by atoms with E-state index in [-0.39, 0.29) is 11.9 Å². The van der Waals surface area contributed by atoms with Crippen LogP contribution in [0, 0.1) is 6.92 Å². The minimum Gasteiger partial charge on any atom is -0.397 e. The number of benzene rings is 1. The van der Waals surface area contributed by atoms with Crippen LogP contribution in [0.5, 0.6) is 0 Å². The number of anilines is 2. The molecule has 0 spiro atoms. The zero-order valence-corrected chi connectivity index (χ0v) is 11.7. The van der Waals surface area contributed by atoms with Gasteiger partial charge in [-0.05, 0) is 45.4 Å². The van der Waals surface area contributed by atoms with E-state index >= 15 is 0 Å². The molecule has 100 valence electrons. The number of nitrogens with two attached hydrogens (primary N) is 1. The Morgan fingerprint density at radius 3 is 2.56 bits per heavy atom. The number of aryl methyl sites for hydroxylation is 1. The van der Waals surface area contributed by atoms with Crippen LogP contribution in [0.4, 0.5) is 11.4 Å². The zero-order chi connectivity index (χ0) is 13.7. The number of nitrogens with one attached hydrogen (secondary N) is 1. The maximum absolute atomic E-state index is 12.1. The summed E-state index contributed by atoms with van der Waals surface area (Å²) in [5, 5.41) is 3.18. The van der Waals surface area contributed by atoms with Crippen LogP contribution in [-0.2, 0) is 4.79 Å². The molecule has 4 nitrogen and oxygen atoms in total. The Kier molecular flexibility index (Phi) is 5.01. The number of hydrogen-bond acceptors (Lipinski definition) is 3. The van der Waals surface area contributed by atoms with Crippen LogP contribution >= 0.6 is 0 Å². The third-order valence-corrected chi connectivity index (χ3v) is 3.03. The summed E-state index contributed by atoms with van der Waals surface area (Å²) in [5.41, 5.74) is 8.50. The molecule has 1 atom stereocenters. The van der Waals surface area contributed by atoms with E-state index in [1.165, 1.54) is 0 Å². The Balaban J connectivity index is 2.77. The van der Waals surface area contributed by atoms with E-state index in [1.54, 1.807) is 0 Å². The molecule has 0 saturated heterocycles. The Morgan fingerprint density at radius 2 is 2.00 bits per heavy atom. The number of rotatable bonds is 5. The third-order valence-electron chi connectivity index (χ3n) is 3.03. The largest absolute Gasteiger partial charge is 0.397 e. The molecule has 0 radical (unpaired) electrons. The van der Waals surface area contributed by atoms with E-state index in [9.17, 15) is 4.79 Å². The highest BCUT2D eigenvalue weighted by Gasteiger charge is 2.18. The van der Waals surface area contributed by atoms with Gasteiger partial charge in [-0.2, -0.15) is 0 Å². The lowest BCUT2D eigenvalue weighted by Crippen LogP contribution is -2.41. The number of likely N-dealkylation sites (N-methyl/N-ethyl adjacent to an activating group) is 1. The number of carbonyl (C=O) groups is 1. The van der Waals surface area contributed by atoms with Gasteiger partial charge in [-0.25, -0.2) is 0 Å². The van der Waals surface area contributed by atoms with Gasteiger partial charge >= 0.3 is 0 Å². The molecule has 4 heteroatoms. The summed E-state index contributed by atoms with van der Waals surface area (Å²) < 4.78 is 0. The fourth-order valence-corrected chi connectivity index (χ4v) is 1.90. The number of amides is 1. The van der Waals surface area contributed by atoms with Crippen LogP contribution in [0.25, 0.3) is 0 Å². The van der Waals surface area contributed by atoms with E-state index in [0.717, 1.165) is 24.3 Å². The van der Waals surface area contributed by atoms with Gasteiger partial charge in [0.2, 0.25) is 5.91 Å². The number of carbonyl (C=O) groups excluding carboxylic acids is 1. The summed E-state index contributed by atoms with van der Waals surface area (Å²) in [6.45, 7) is 9.28. The van der Waals surface area contributed by atoms with Crippen molar-refractivity contribution in [1.29, 1.82) is 0 Å². The van der Waals surface area contributed by atoms with Crippen molar-refractivity contribution in [3.05, 3.63) is 23.8 Å². The van der Waals surface area contributed by atoms with Crippen molar-refractivity contribution in [3.8, 4) is 0 Å². The highest BCUT2D eigenvalue weighted by Crippen LogP contribution is 2.20. The molecule has 1 unspecified atom stereocenters. The molecule has 0 aliphatic carbocycles. The smallest absolute Gasteiger partial charge is 0.244 e. The number of nitrogens with zero attached hydrogens (tertiary/aromatic N) is 1. The Hall–Kier alpha value is -1.71. The van der Waals surface area contributed by atoms with Crippen molar-refractivity contribution >= 4 is 17.3 Å². The van der Waals surface area contributed by atoms with Crippen LogP contribution in [0.3, 0.4) is 0 Å². The Bertz CT molecular complexity index is 414. The van der Waals surface area contributed by atoms with E-state index in [1.807, 2.05) is 50.8 Å². The van der Waals surface area contributed by atoms with Crippen LogP contribution in [0.1, 0.15) is 26.3 Å². The predicted molar refractivity (Wildman–Crippen MR) is 76.6 cm³/mol. The first-order valence-electron chi connectivity index (χ1n) is 6.41. The molecule has 0 fully saturated rings. The molecule has 3 N–H and O–H groups in total. The molecule has 0 aliphatic heterocycles. The van der Waals surface area contributed by atoms with E-state index in [4.69, 9.17) is 5.73 Å². The molecule has 1 amide bonds. The lowest BCUT2D eigenvalue weighted by Gasteiger charge is -2.24. The summed E-state index contributed by atoms with van der Waals surface area (Å²) in [5.74, 6) is 0.0981. The van der Waals surface area contributed by atoms with Crippen LogP contribution in [0.15, 0.2) is 18.2 Å². The highest BCUT2D eigenvalue weighted by molar-refractivity contribution is 5.85. The first-order valence-corrected chi connectivity index (χ1v) is 6.41. The molecule has 0 saturated carbocycles. The first-order chi connectivity index (χ1) is 8.49. The van der Waals surface area contributed by atoms with Crippen molar-refractivity contribution in [2.45, 2.75) is 33.7 Å². The summed E-state index contributed by atoms with van der Waals surface area (Å²) in [7, 11) is 0. The highest BCUT2D eigenvalue weighted by atomic mass is 16.2. The van der Waals surface area contributed by atoms with E-state index < -0.39 is 0 Å². The molecule has 0 aliphatic rings. The minimum absolute atomic E-state index is 0.0981. The Morgan fingerprint density at radius 1 is 1.39 bits per heavy atom. The maximum Gasteiger partial charge on any atom is 0.244 e. The van der Waals surface area contributed by atoms with Gasteiger partial charge in [0.1, 0.15) is 6.04 Å². The quantitative estimate of drug-likeness (QED) is 0.787. The van der Waals surface area contributed by atoms with E-state index in [2.05, 4.69) is 5.32 Å². The molecule has 1 aromatic carbocycles. The monoisotopic (exact) mass is 249 g/mol. The van der Waals surface area contributed by atoms with Gasteiger partial charge in [0.25, 0.3) is 0 Å². The number of hydrogen-bond donors (Lipinski definition) is 2. The molecule has 0 bridgehead atoms. The van der Waals surface area contributed by atoms with Crippen molar-refractivity contribution in [2.24, 2.45) is 0 Å². The Labute approximate surface area is 109 Å². The second-order valence-electron chi connectivity index (χ2n) is 4.47. The summed E-state index contributed by atoms with van der Waals surface area (Å²) >= 11 is 0. The van der Waals surface area contributed by atoms with Crippen LogP contribution in [-0.4, -0.2) is 29.9 Å². The van der Waals surface area contributed by atoms with Crippen LogP contribution < -0.4 is 11.1 Å². The average Bonchev–Trinajstić information content (AvgIpc) is 2.35. The van der Waals surface area contributed by atoms with Gasteiger partial charge in [-0.1, -0.05) is 6.07 Å². The van der Waals surface area contributed by atoms with Gasteiger partial charge in [0.15, 0.2) is 0 Å². The van der Waals surface area contributed by atoms with E-state index in [0.29, 0.717) is 5.69 Å². The third kappa shape index (κ3) is 3.39. The van der Waals surface area contributed by atoms with Gasteiger partial charge < -0.3 is 16.0 Å². The van der Waals surface area contributed by atoms with Gasteiger partial charge in [0.05, 0.1) is 11.4 Å². The topological polar surface area (TPSA) is 58.4 Å². The number of nitrogen functional groups attached to an aromatic ring is 1. The normalized spacial score (nSPS) is 12.0. The van der Waals surface area contributed by atoms with Gasteiger partial charge in [0, 0.05) is 13.1 Å². The molecule has 0 heterocycles.